The van der Waals surface area contributed by atoms with E-state index in [4.69, 9.17) is 0 Å². The normalized spacial score (nSPS) is 27.6. The second-order valence-electron chi connectivity index (χ2n) is 6.54. The monoisotopic (exact) mass is 269 g/mol. The van der Waals surface area contributed by atoms with Gasteiger partial charge in [0.15, 0.2) is 0 Å². The van der Waals surface area contributed by atoms with Crippen molar-refractivity contribution >= 4 is 5.91 Å². The summed E-state index contributed by atoms with van der Waals surface area (Å²) < 4.78 is 0. The van der Waals surface area contributed by atoms with Gasteiger partial charge in [-0.3, -0.25) is 4.79 Å². The molecule has 0 aromatic carbocycles. The van der Waals surface area contributed by atoms with E-state index in [0.29, 0.717) is 6.42 Å². The molecule has 4 heteroatoms. The van der Waals surface area contributed by atoms with Gasteiger partial charge in [0, 0.05) is 39.1 Å². The number of nitrogens with zero attached hydrogens (tertiary/aromatic N) is 2. The van der Waals surface area contributed by atoms with Gasteiger partial charge in [-0.05, 0) is 32.9 Å². The van der Waals surface area contributed by atoms with Crippen LogP contribution < -0.4 is 5.32 Å². The minimum Gasteiger partial charge on any atom is -0.349 e. The van der Waals surface area contributed by atoms with Gasteiger partial charge in [0.2, 0.25) is 5.91 Å². The van der Waals surface area contributed by atoms with Gasteiger partial charge >= 0.3 is 0 Å². The Bertz CT molecular complexity index is 291. The first kappa shape index (κ1) is 16.4. The molecule has 112 valence electrons. The zero-order chi connectivity index (χ0) is 14.5. The maximum atomic E-state index is 11.5. The van der Waals surface area contributed by atoms with Gasteiger partial charge in [-0.15, -0.1) is 0 Å². The summed E-state index contributed by atoms with van der Waals surface area (Å²) in [5.74, 6) is 1.00. The summed E-state index contributed by atoms with van der Waals surface area (Å²) in [7, 11) is 7.99. The molecule has 0 bridgehead atoms. The number of hydrogen-bond acceptors (Lipinski definition) is 3. The molecule has 1 rings (SSSR count). The molecular formula is C15H31N3O. The van der Waals surface area contributed by atoms with Gasteiger partial charge in [0.1, 0.15) is 0 Å². The second-order valence-corrected chi connectivity index (χ2v) is 6.54. The highest BCUT2D eigenvalue weighted by Gasteiger charge is 2.36. The molecule has 0 saturated heterocycles. The fourth-order valence-electron chi connectivity index (χ4n) is 3.10. The Hall–Kier alpha value is -0.610. The van der Waals surface area contributed by atoms with Gasteiger partial charge in [-0.25, -0.2) is 0 Å². The Morgan fingerprint density at radius 2 is 2.00 bits per heavy atom. The summed E-state index contributed by atoms with van der Waals surface area (Å²) >= 11 is 0. The lowest BCUT2D eigenvalue weighted by atomic mass is 9.75. The summed E-state index contributed by atoms with van der Waals surface area (Å²) in [6.45, 7) is 4.12. The van der Waals surface area contributed by atoms with E-state index in [9.17, 15) is 4.79 Å². The van der Waals surface area contributed by atoms with Gasteiger partial charge in [0.25, 0.3) is 0 Å². The average Bonchev–Trinajstić information content (AvgIpc) is 2.34. The molecule has 0 aliphatic heterocycles. The van der Waals surface area contributed by atoms with E-state index in [1.807, 2.05) is 14.1 Å². The van der Waals surface area contributed by atoms with Crippen LogP contribution in [0.1, 0.15) is 39.0 Å². The third kappa shape index (κ3) is 4.77. The quantitative estimate of drug-likeness (QED) is 0.743. The van der Waals surface area contributed by atoms with Crippen molar-refractivity contribution in [3.8, 4) is 0 Å². The van der Waals surface area contributed by atoms with Crippen molar-refractivity contribution in [2.45, 2.75) is 44.6 Å². The third-order valence-corrected chi connectivity index (χ3v) is 4.48. The molecule has 1 saturated carbocycles. The molecule has 1 fully saturated rings. The Morgan fingerprint density at radius 3 is 2.53 bits per heavy atom. The highest BCUT2D eigenvalue weighted by atomic mass is 16.2. The zero-order valence-corrected chi connectivity index (χ0v) is 13.3. The van der Waals surface area contributed by atoms with Crippen LogP contribution in [0.25, 0.3) is 0 Å². The summed E-state index contributed by atoms with van der Waals surface area (Å²) in [6.07, 6.45) is 5.78. The van der Waals surface area contributed by atoms with Crippen molar-refractivity contribution in [2.24, 2.45) is 5.92 Å². The molecule has 0 aromatic heterocycles. The largest absolute Gasteiger partial charge is 0.349 e. The van der Waals surface area contributed by atoms with E-state index >= 15 is 0 Å². The Labute approximate surface area is 118 Å². The molecule has 0 aromatic rings. The fraction of sp³-hybridized carbons (Fsp3) is 0.933. The van der Waals surface area contributed by atoms with Gasteiger partial charge < -0.3 is 15.1 Å². The summed E-state index contributed by atoms with van der Waals surface area (Å²) in [5, 5.41) is 3.49. The SMILES string of the molecule is CC1CCCC(CNCCC(=O)N(C)C)(N(C)C)C1. The van der Waals surface area contributed by atoms with Crippen LogP contribution in [0.5, 0.6) is 0 Å². The minimum atomic E-state index is 0.198. The second kappa shape index (κ2) is 7.25. The molecule has 1 N–H and O–H groups in total. The number of carbonyl (C=O) groups excluding carboxylic acids is 1. The molecule has 19 heavy (non-hydrogen) atoms. The van der Waals surface area contributed by atoms with Crippen molar-refractivity contribution in [1.82, 2.24) is 15.1 Å². The maximum absolute atomic E-state index is 11.5. The predicted molar refractivity (Wildman–Crippen MR) is 80.2 cm³/mol. The van der Waals surface area contributed by atoms with Gasteiger partial charge in [-0.2, -0.15) is 0 Å². The first-order valence-corrected chi connectivity index (χ1v) is 7.46. The Balaban J connectivity index is 2.40. The molecule has 4 nitrogen and oxygen atoms in total. The standard InChI is InChI=1S/C15H31N3O/c1-13-7-6-9-15(11-13,18(4)5)12-16-10-8-14(19)17(2)3/h13,16H,6-12H2,1-5H3. The van der Waals surface area contributed by atoms with Gasteiger partial charge in [0.05, 0.1) is 0 Å². The summed E-state index contributed by atoms with van der Waals surface area (Å²) in [6, 6.07) is 0. The topological polar surface area (TPSA) is 35.6 Å². The van der Waals surface area contributed by atoms with E-state index < -0.39 is 0 Å². The lowest BCUT2D eigenvalue weighted by Gasteiger charge is -2.45. The van der Waals surface area contributed by atoms with Crippen LogP contribution in [0.4, 0.5) is 0 Å². The van der Waals surface area contributed by atoms with Crippen molar-refractivity contribution in [3.63, 3.8) is 0 Å². The predicted octanol–water partition coefficient (Wildman–Crippen LogP) is 1.56. The first-order valence-electron chi connectivity index (χ1n) is 7.46. The van der Waals surface area contributed by atoms with Gasteiger partial charge in [-0.1, -0.05) is 19.8 Å². The number of likely N-dealkylation sites (N-methyl/N-ethyl adjacent to an activating group) is 1. The molecule has 2 unspecified atom stereocenters. The van der Waals surface area contributed by atoms with Crippen molar-refractivity contribution in [1.29, 1.82) is 0 Å². The summed E-state index contributed by atoms with van der Waals surface area (Å²) in [5.41, 5.74) is 0.277. The van der Waals surface area contributed by atoms with Crippen LogP contribution in [0, 0.1) is 5.92 Å². The molecule has 0 heterocycles. The molecule has 1 aliphatic carbocycles. The van der Waals surface area contributed by atoms with E-state index in [1.165, 1.54) is 25.7 Å². The molecule has 0 radical (unpaired) electrons. The highest BCUT2D eigenvalue weighted by molar-refractivity contribution is 5.75. The smallest absolute Gasteiger partial charge is 0.223 e. The number of carbonyl (C=O) groups is 1. The number of amides is 1. The Morgan fingerprint density at radius 1 is 1.32 bits per heavy atom. The van der Waals surface area contributed by atoms with Crippen LogP contribution >= 0.6 is 0 Å². The zero-order valence-electron chi connectivity index (χ0n) is 13.3. The van der Waals surface area contributed by atoms with E-state index in [0.717, 1.165) is 19.0 Å². The highest BCUT2D eigenvalue weighted by Crippen LogP contribution is 2.35. The number of rotatable bonds is 6. The van der Waals surface area contributed by atoms with Crippen LogP contribution in [0.15, 0.2) is 0 Å². The van der Waals surface area contributed by atoms with E-state index in [1.54, 1.807) is 4.90 Å². The lowest BCUT2D eigenvalue weighted by molar-refractivity contribution is -0.128. The van der Waals surface area contributed by atoms with E-state index in [-0.39, 0.29) is 11.4 Å². The van der Waals surface area contributed by atoms with Crippen LogP contribution in [-0.2, 0) is 4.79 Å². The maximum Gasteiger partial charge on any atom is 0.223 e. The van der Waals surface area contributed by atoms with E-state index in [2.05, 4.69) is 31.2 Å². The van der Waals surface area contributed by atoms with Crippen molar-refractivity contribution in [2.75, 3.05) is 41.3 Å². The molecule has 2 atom stereocenters. The lowest BCUT2D eigenvalue weighted by Crippen LogP contribution is -2.54. The number of nitrogens with one attached hydrogen (secondary N) is 1. The summed E-state index contributed by atoms with van der Waals surface area (Å²) in [4.78, 5) is 15.6. The first-order chi connectivity index (χ1) is 8.87. The molecule has 1 aliphatic rings. The molecule has 0 spiro atoms. The number of hydrogen-bond donors (Lipinski definition) is 1. The van der Waals surface area contributed by atoms with Crippen molar-refractivity contribution in [3.05, 3.63) is 0 Å². The minimum absolute atomic E-state index is 0.198. The fourth-order valence-corrected chi connectivity index (χ4v) is 3.10. The molecule has 1 amide bonds. The third-order valence-electron chi connectivity index (χ3n) is 4.48. The molecular weight excluding hydrogens is 238 g/mol. The van der Waals surface area contributed by atoms with Crippen LogP contribution in [-0.4, -0.2) is 62.5 Å². The Kier molecular flexibility index (Phi) is 6.27. The van der Waals surface area contributed by atoms with Crippen LogP contribution in [0.3, 0.4) is 0 Å². The average molecular weight is 269 g/mol. The van der Waals surface area contributed by atoms with Crippen molar-refractivity contribution < 1.29 is 4.79 Å². The van der Waals surface area contributed by atoms with Crippen LogP contribution in [0.2, 0.25) is 0 Å².